The van der Waals surface area contributed by atoms with Crippen LogP contribution in [0.25, 0.3) is 0 Å². The molecule has 0 saturated heterocycles. The minimum atomic E-state index is -0.410. The van der Waals surface area contributed by atoms with Crippen molar-refractivity contribution in [2.45, 2.75) is 33.1 Å². The molecule has 1 amide bonds. The van der Waals surface area contributed by atoms with Crippen LogP contribution in [0.2, 0.25) is 0 Å². The Morgan fingerprint density at radius 1 is 1.20 bits per heavy atom. The first-order valence-corrected chi connectivity index (χ1v) is 9.16. The van der Waals surface area contributed by atoms with Gasteiger partial charge in [-0.15, -0.1) is 11.3 Å². The molecule has 0 radical (unpaired) electrons. The van der Waals surface area contributed by atoms with E-state index in [1.807, 2.05) is 6.92 Å². The van der Waals surface area contributed by atoms with Crippen molar-refractivity contribution in [1.82, 2.24) is 0 Å². The minimum Gasteiger partial charge on any atom is -0.491 e. The molecule has 25 heavy (non-hydrogen) atoms. The molecule has 136 valence electrons. The van der Waals surface area contributed by atoms with Crippen molar-refractivity contribution in [3.63, 3.8) is 0 Å². The number of amides is 1. The molecule has 0 atom stereocenters. The first kappa shape index (κ1) is 19.4. The summed E-state index contributed by atoms with van der Waals surface area (Å²) >= 11 is 1.60. The zero-order chi connectivity index (χ0) is 18.4. The number of hydrogen-bond donors (Lipinski definition) is 1. The zero-order valence-corrected chi connectivity index (χ0v) is 15.7. The van der Waals surface area contributed by atoms with Gasteiger partial charge in [0.2, 0.25) is 5.91 Å². The van der Waals surface area contributed by atoms with Crippen LogP contribution in [0.5, 0.6) is 5.75 Å². The zero-order valence-electron chi connectivity index (χ0n) is 14.9. The van der Waals surface area contributed by atoms with Gasteiger partial charge in [-0.3, -0.25) is 4.79 Å². The Labute approximate surface area is 151 Å². The lowest BCUT2D eigenvalue weighted by atomic mass is 10.0. The first-order chi connectivity index (χ1) is 12.0. The van der Waals surface area contributed by atoms with E-state index in [2.05, 4.69) is 6.92 Å². The topological polar surface area (TPSA) is 61.6 Å². The largest absolute Gasteiger partial charge is 0.491 e. The number of halogens is 1. The summed E-state index contributed by atoms with van der Waals surface area (Å²) in [6.45, 7) is 4.84. The molecular formula is C19H24FNO3S. The van der Waals surface area contributed by atoms with Crippen molar-refractivity contribution in [1.29, 1.82) is 0 Å². The molecule has 0 aliphatic heterocycles. The number of primary amides is 1. The van der Waals surface area contributed by atoms with Crippen LogP contribution in [-0.2, 0) is 24.0 Å². The third-order valence-corrected chi connectivity index (χ3v) is 5.39. The van der Waals surface area contributed by atoms with Gasteiger partial charge in [0, 0.05) is 29.4 Å². The van der Waals surface area contributed by atoms with Crippen LogP contribution < -0.4 is 10.5 Å². The predicted octanol–water partition coefficient (Wildman–Crippen LogP) is 3.73. The normalized spacial score (nSPS) is 10.9. The standard InChI is InChI=1S/C19H24FNO3S/c1-4-14-16(5-2)25-17(18(14)19(21)22)10-12-6-7-13(20)11-15(12)24-9-8-23-3/h6-7,11H,4-5,8-10H2,1-3H3,(H2,21,22). The van der Waals surface area contributed by atoms with Gasteiger partial charge in [-0.2, -0.15) is 0 Å². The molecule has 0 fully saturated rings. The highest BCUT2D eigenvalue weighted by Crippen LogP contribution is 2.33. The maximum atomic E-state index is 13.6. The SMILES string of the molecule is CCc1sc(Cc2ccc(F)cc2OCCOC)c(C(N)=O)c1CC. The molecule has 0 aliphatic rings. The van der Waals surface area contributed by atoms with Gasteiger partial charge in [0.05, 0.1) is 12.2 Å². The molecule has 1 aromatic heterocycles. The Morgan fingerprint density at radius 2 is 1.96 bits per heavy atom. The van der Waals surface area contributed by atoms with Crippen molar-refractivity contribution in [3.8, 4) is 5.75 Å². The molecule has 1 heterocycles. The number of benzene rings is 1. The van der Waals surface area contributed by atoms with E-state index >= 15 is 0 Å². The molecule has 2 rings (SSSR count). The molecule has 2 N–H and O–H groups in total. The van der Waals surface area contributed by atoms with Gasteiger partial charge in [0.1, 0.15) is 18.2 Å². The third kappa shape index (κ3) is 4.58. The van der Waals surface area contributed by atoms with Gasteiger partial charge in [0.25, 0.3) is 0 Å². The molecule has 4 nitrogen and oxygen atoms in total. The lowest BCUT2D eigenvalue weighted by Crippen LogP contribution is -2.15. The van der Waals surface area contributed by atoms with E-state index < -0.39 is 5.91 Å². The second-order valence-electron chi connectivity index (χ2n) is 5.64. The van der Waals surface area contributed by atoms with Crippen LogP contribution in [0.15, 0.2) is 18.2 Å². The second kappa shape index (κ2) is 8.97. The Balaban J connectivity index is 2.39. The fourth-order valence-corrected chi connectivity index (χ4v) is 4.22. The van der Waals surface area contributed by atoms with Crippen molar-refractivity contribution in [3.05, 3.63) is 50.5 Å². The van der Waals surface area contributed by atoms with E-state index in [0.29, 0.717) is 30.9 Å². The van der Waals surface area contributed by atoms with Crippen molar-refractivity contribution < 1.29 is 18.7 Å². The molecule has 0 spiro atoms. The highest BCUT2D eigenvalue weighted by molar-refractivity contribution is 7.12. The van der Waals surface area contributed by atoms with Gasteiger partial charge >= 0.3 is 0 Å². The number of methoxy groups -OCH3 is 1. The van der Waals surface area contributed by atoms with Crippen LogP contribution in [0.1, 0.15) is 45.1 Å². The number of nitrogens with two attached hydrogens (primary N) is 1. The molecule has 2 aromatic rings. The maximum Gasteiger partial charge on any atom is 0.250 e. The molecule has 6 heteroatoms. The summed E-state index contributed by atoms with van der Waals surface area (Å²) < 4.78 is 24.2. The summed E-state index contributed by atoms with van der Waals surface area (Å²) in [7, 11) is 1.58. The van der Waals surface area contributed by atoms with Crippen LogP contribution in [0, 0.1) is 5.82 Å². The van der Waals surface area contributed by atoms with E-state index in [1.165, 1.54) is 17.0 Å². The predicted molar refractivity (Wildman–Crippen MR) is 98.2 cm³/mol. The Hall–Kier alpha value is -1.92. The first-order valence-electron chi connectivity index (χ1n) is 8.35. The maximum absolute atomic E-state index is 13.6. The third-order valence-electron chi connectivity index (χ3n) is 4.01. The number of carbonyl (C=O) groups is 1. The molecular weight excluding hydrogens is 341 g/mol. The van der Waals surface area contributed by atoms with E-state index in [0.717, 1.165) is 28.8 Å². The van der Waals surface area contributed by atoms with Gasteiger partial charge in [-0.1, -0.05) is 19.9 Å². The number of ether oxygens (including phenoxy) is 2. The molecule has 0 bridgehead atoms. The Morgan fingerprint density at radius 3 is 2.56 bits per heavy atom. The number of rotatable bonds is 9. The van der Waals surface area contributed by atoms with Gasteiger partial charge in [-0.05, 0) is 30.0 Å². The fraction of sp³-hybridized carbons (Fsp3) is 0.421. The second-order valence-corrected chi connectivity index (χ2v) is 6.83. The monoisotopic (exact) mass is 365 g/mol. The number of aryl methyl sites for hydroxylation is 1. The Kier molecular flexibility index (Phi) is 6.96. The van der Waals surface area contributed by atoms with Crippen LogP contribution in [0.4, 0.5) is 4.39 Å². The number of hydrogen-bond acceptors (Lipinski definition) is 4. The van der Waals surface area contributed by atoms with E-state index in [4.69, 9.17) is 15.2 Å². The summed E-state index contributed by atoms with van der Waals surface area (Å²) in [5, 5.41) is 0. The highest BCUT2D eigenvalue weighted by Gasteiger charge is 2.21. The van der Waals surface area contributed by atoms with Crippen molar-refractivity contribution >= 4 is 17.2 Å². The van der Waals surface area contributed by atoms with Gasteiger partial charge in [-0.25, -0.2) is 4.39 Å². The lowest BCUT2D eigenvalue weighted by molar-refractivity contribution is 0.0999. The summed E-state index contributed by atoms with van der Waals surface area (Å²) in [6, 6.07) is 4.46. The molecule has 0 aliphatic carbocycles. The average molecular weight is 365 g/mol. The summed E-state index contributed by atoms with van der Waals surface area (Å²) in [6.07, 6.45) is 2.10. The van der Waals surface area contributed by atoms with E-state index in [9.17, 15) is 9.18 Å². The smallest absolute Gasteiger partial charge is 0.250 e. The summed E-state index contributed by atoms with van der Waals surface area (Å²) in [5.74, 6) is -0.301. The number of thiophene rings is 1. The van der Waals surface area contributed by atoms with E-state index in [-0.39, 0.29) is 5.82 Å². The van der Waals surface area contributed by atoms with E-state index in [1.54, 1.807) is 24.5 Å². The summed E-state index contributed by atoms with van der Waals surface area (Å²) in [5.41, 5.74) is 8.09. The fourth-order valence-electron chi connectivity index (χ4n) is 2.86. The average Bonchev–Trinajstić information content (AvgIpc) is 2.95. The molecule has 0 unspecified atom stereocenters. The summed E-state index contributed by atoms with van der Waals surface area (Å²) in [4.78, 5) is 14.1. The lowest BCUT2D eigenvalue weighted by Gasteiger charge is -2.12. The van der Waals surface area contributed by atoms with Crippen LogP contribution in [-0.4, -0.2) is 26.2 Å². The van der Waals surface area contributed by atoms with Crippen molar-refractivity contribution in [2.24, 2.45) is 5.73 Å². The van der Waals surface area contributed by atoms with Gasteiger partial charge < -0.3 is 15.2 Å². The van der Waals surface area contributed by atoms with Gasteiger partial charge in [0.15, 0.2) is 0 Å². The van der Waals surface area contributed by atoms with Crippen LogP contribution in [0.3, 0.4) is 0 Å². The number of carbonyl (C=O) groups excluding carboxylic acids is 1. The quantitative estimate of drug-likeness (QED) is 0.689. The van der Waals surface area contributed by atoms with Crippen LogP contribution >= 0.6 is 11.3 Å². The Bertz CT molecular complexity index is 743. The molecule has 0 saturated carbocycles. The highest BCUT2D eigenvalue weighted by atomic mass is 32.1. The van der Waals surface area contributed by atoms with Crippen molar-refractivity contribution in [2.75, 3.05) is 20.3 Å². The molecule has 1 aromatic carbocycles. The minimum absolute atomic E-state index is 0.334.